The van der Waals surface area contributed by atoms with Gasteiger partial charge < -0.3 is 4.57 Å². The Morgan fingerprint density at radius 1 is 0.459 bits per heavy atom. The van der Waals surface area contributed by atoms with E-state index in [1.807, 2.05) is 11.3 Å². The highest BCUT2D eigenvalue weighted by atomic mass is 32.1. The zero-order valence-electron chi connectivity index (χ0n) is 20.6. The highest BCUT2D eigenvalue weighted by Gasteiger charge is 2.23. The first-order valence-corrected chi connectivity index (χ1v) is 13.4. The van der Waals surface area contributed by atoms with E-state index in [-0.39, 0.29) is 0 Å². The molecular weight excluding hydrogens is 466 g/mol. The summed E-state index contributed by atoms with van der Waals surface area (Å²) in [7, 11) is 2.19. The lowest BCUT2D eigenvalue weighted by Gasteiger charge is -2.09. The second-order valence-corrected chi connectivity index (χ2v) is 10.4. The summed E-state index contributed by atoms with van der Waals surface area (Å²) in [5, 5.41) is 3.90. The molecule has 0 saturated heterocycles. The summed E-state index contributed by atoms with van der Waals surface area (Å²) in [5.74, 6) is 0. The Bertz CT molecular complexity index is 1870. The lowest BCUT2D eigenvalue weighted by atomic mass is 9.96. The van der Waals surface area contributed by atoms with Crippen molar-refractivity contribution >= 4 is 33.0 Å². The number of benzene rings is 5. The molecule has 7 aromatic rings. The van der Waals surface area contributed by atoms with Crippen LogP contribution in [-0.2, 0) is 7.05 Å². The lowest BCUT2D eigenvalue weighted by molar-refractivity contribution is 0.979. The molecule has 7 rings (SSSR count). The minimum absolute atomic E-state index is 1.24. The first-order chi connectivity index (χ1) is 18.3. The van der Waals surface area contributed by atoms with E-state index in [4.69, 9.17) is 0 Å². The van der Waals surface area contributed by atoms with Crippen LogP contribution in [0.5, 0.6) is 0 Å². The molecule has 0 radical (unpaired) electrons. The topological polar surface area (TPSA) is 4.93 Å². The Labute approximate surface area is 220 Å². The Morgan fingerprint density at radius 2 is 0.973 bits per heavy atom. The number of thiophene rings is 1. The van der Waals surface area contributed by atoms with Gasteiger partial charge in [0.1, 0.15) is 0 Å². The minimum Gasteiger partial charge on any atom is -0.343 e. The van der Waals surface area contributed by atoms with Gasteiger partial charge in [0.05, 0.1) is 5.69 Å². The van der Waals surface area contributed by atoms with Crippen molar-refractivity contribution in [3.05, 3.63) is 133 Å². The zero-order chi connectivity index (χ0) is 24.8. The predicted octanol–water partition coefficient (Wildman–Crippen LogP) is 10.1. The first kappa shape index (κ1) is 21.8. The van der Waals surface area contributed by atoms with E-state index >= 15 is 0 Å². The van der Waals surface area contributed by atoms with Crippen molar-refractivity contribution in [2.24, 2.45) is 7.05 Å². The van der Waals surface area contributed by atoms with E-state index in [0.717, 1.165) is 0 Å². The van der Waals surface area contributed by atoms with Gasteiger partial charge in [-0.25, -0.2) is 0 Å². The summed E-state index contributed by atoms with van der Waals surface area (Å²) in [4.78, 5) is 2.64. The number of aryl methyl sites for hydroxylation is 1. The number of aromatic nitrogens is 1. The number of rotatable bonds is 4. The van der Waals surface area contributed by atoms with E-state index in [2.05, 4.69) is 145 Å². The zero-order valence-corrected chi connectivity index (χ0v) is 21.4. The molecule has 2 aromatic heterocycles. The summed E-state index contributed by atoms with van der Waals surface area (Å²) in [6, 6.07) is 48.0. The van der Waals surface area contributed by atoms with Crippen molar-refractivity contribution in [3.63, 3.8) is 0 Å². The van der Waals surface area contributed by atoms with Crippen LogP contribution in [-0.4, -0.2) is 4.57 Å². The van der Waals surface area contributed by atoms with E-state index in [1.54, 1.807) is 0 Å². The number of hydrogen-bond acceptors (Lipinski definition) is 1. The van der Waals surface area contributed by atoms with Gasteiger partial charge in [0.2, 0.25) is 0 Å². The molecule has 0 atom stereocenters. The molecule has 2 heterocycles. The number of nitrogens with zero attached hydrogens (tertiary/aromatic N) is 1. The molecule has 0 bridgehead atoms. The lowest BCUT2D eigenvalue weighted by Crippen LogP contribution is -1.92. The van der Waals surface area contributed by atoms with Crippen LogP contribution < -0.4 is 0 Å². The van der Waals surface area contributed by atoms with Crippen molar-refractivity contribution in [1.82, 2.24) is 4.57 Å². The highest BCUT2D eigenvalue weighted by molar-refractivity contribution is 7.21. The molecule has 0 aliphatic heterocycles. The van der Waals surface area contributed by atoms with Crippen LogP contribution in [0.15, 0.2) is 133 Å². The van der Waals surface area contributed by atoms with Gasteiger partial charge in [-0.05, 0) is 22.8 Å². The largest absolute Gasteiger partial charge is 0.343 e. The summed E-state index contributed by atoms with van der Waals surface area (Å²) in [6.45, 7) is 0. The van der Waals surface area contributed by atoms with Gasteiger partial charge in [-0.15, -0.1) is 11.3 Å². The number of hydrogen-bond donors (Lipinski definition) is 0. The van der Waals surface area contributed by atoms with Gasteiger partial charge in [0, 0.05) is 49.6 Å². The van der Waals surface area contributed by atoms with Gasteiger partial charge in [-0.1, -0.05) is 127 Å². The number of para-hydroxylation sites is 1. The number of fused-ring (bicyclic) bond motifs is 2. The molecule has 0 unspecified atom stereocenters. The average molecular weight is 492 g/mol. The quantitative estimate of drug-likeness (QED) is 0.231. The fraction of sp³-hybridized carbons (Fsp3) is 0.0286. The molecule has 0 fully saturated rings. The van der Waals surface area contributed by atoms with E-state index < -0.39 is 0 Å². The third-order valence-electron chi connectivity index (χ3n) is 7.26. The Kier molecular flexibility index (Phi) is 5.27. The minimum atomic E-state index is 1.24. The Hall–Kier alpha value is -4.40. The van der Waals surface area contributed by atoms with Gasteiger partial charge in [0.25, 0.3) is 0 Å². The van der Waals surface area contributed by atoms with Crippen molar-refractivity contribution in [3.8, 4) is 43.3 Å². The molecule has 0 saturated carbocycles. The second kappa shape index (κ2) is 8.92. The normalized spacial score (nSPS) is 11.4. The molecule has 0 N–H and O–H groups in total. The fourth-order valence-electron chi connectivity index (χ4n) is 5.58. The van der Waals surface area contributed by atoms with Gasteiger partial charge >= 0.3 is 0 Å². The molecule has 0 aliphatic carbocycles. The maximum absolute atomic E-state index is 2.35. The first-order valence-electron chi connectivity index (χ1n) is 12.6. The summed E-state index contributed by atoms with van der Waals surface area (Å²) >= 11 is 1.91. The molecule has 5 aromatic carbocycles. The molecule has 37 heavy (non-hydrogen) atoms. The van der Waals surface area contributed by atoms with Crippen LogP contribution in [0.1, 0.15) is 0 Å². The molecule has 2 heteroatoms. The fourth-order valence-corrected chi connectivity index (χ4v) is 6.96. The van der Waals surface area contributed by atoms with E-state index in [9.17, 15) is 0 Å². The van der Waals surface area contributed by atoms with Gasteiger partial charge in [0.15, 0.2) is 0 Å². The molecule has 0 spiro atoms. The molecule has 1 nitrogen and oxygen atoms in total. The standard InChI is InChI=1S/C35H25NS/c1-36-31-23-13-12-22-30(31)32(33(36)25-16-6-3-7-17-25)35-29-21-11-10-20-28(29)34(37-35)27-19-9-8-18-26(27)24-14-4-2-5-15-24/h2-23H,1H3. The molecule has 176 valence electrons. The van der Waals surface area contributed by atoms with Crippen LogP contribution >= 0.6 is 11.3 Å². The van der Waals surface area contributed by atoms with Crippen LogP contribution in [0, 0.1) is 0 Å². The summed E-state index contributed by atoms with van der Waals surface area (Å²) in [6.07, 6.45) is 0. The third kappa shape index (κ3) is 3.53. The third-order valence-corrected chi connectivity index (χ3v) is 8.53. The van der Waals surface area contributed by atoms with Crippen LogP contribution in [0.4, 0.5) is 0 Å². The SMILES string of the molecule is Cn1c(-c2ccccc2)c(-c2sc(-c3ccccc3-c3ccccc3)c3ccccc23)c2ccccc21. The molecule has 0 aliphatic rings. The second-order valence-electron chi connectivity index (χ2n) is 9.38. The summed E-state index contributed by atoms with van der Waals surface area (Å²) < 4.78 is 2.35. The van der Waals surface area contributed by atoms with Crippen LogP contribution in [0.2, 0.25) is 0 Å². The van der Waals surface area contributed by atoms with Gasteiger partial charge in [-0.3, -0.25) is 0 Å². The maximum atomic E-state index is 2.35. The van der Waals surface area contributed by atoms with Crippen molar-refractivity contribution < 1.29 is 0 Å². The maximum Gasteiger partial charge on any atom is 0.0576 e. The smallest absolute Gasteiger partial charge is 0.0576 e. The van der Waals surface area contributed by atoms with E-state index in [1.165, 1.54) is 64.9 Å². The Morgan fingerprint density at radius 3 is 1.68 bits per heavy atom. The van der Waals surface area contributed by atoms with Gasteiger partial charge in [-0.2, -0.15) is 0 Å². The van der Waals surface area contributed by atoms with Crippen molar-refractivity contribution in [2.45, 2.75) is 0 Å². The predicted molar refractivity (Wildman–Crippen MR) is 160 cm³/mol. The average Bonchev–Trinajstić information content (AvgIpc) is 3.49. The molecular formula is C35H25NS. The highest BCUT2D eigenvalue weighted by Crippen LogP contribution is 2.51. The Balaban J connectivity index is 1.57. The van der Waals surface area contributed by atoms with E-state index in [0.29, 0.717) is 0 Å². The van der Waals surface area contributed by atoms with Crippen LogP contribution in [0.25, 0.3) is 64.9 Å². The van der Waals surface area contributed by atoms with Crippen molar-refractivity contribution in [2.75, 3.05) is 0 Å². The summed E-state index contributed by atoms with van der Waals surface area (Å²) in [5.41, 5.74) is 8.85. The molecule has 0 amide bonds. The van der Waals surface area contributed by atoms with Crippen molar-refractivity contribution in [1.29, 1.82) is 0 Å². The van der Waals surface area contributed by atoms with Crippen LogP contribution in [0.3, 0.4) is 0 Å². The monoisotopic (exact) mass is 491 g/mol.